The minimum atomic E-state index is 0.0873. The van der Waals surface area contributed by atoms with Crippen molar-refractivity contribution < 1.29 is 4.79 Å². The van der Waals surface area contributed by atoms with Crippen molar-refractivity contribution in [3.05, 3.63) is 42.3 Å². The van der Waals surface area contributed by atoms with Crippen LogP contribution in [0, 0.1) is 0 Å². The number of benzene rings is 1. The Morgan fingerprint density at radius 1 is 1.23 bits per heavy atom. The van der Waals surface area contributed by atoms with E-state index in [9.17, 15) is 4.79 Å². The van der Waals surface area contributed by atoms with Crippen molar-refractivity contribution in [3.8, 4) is 11.3 Å². The van der Waals surface area contributed by atoms with Crippen LogP contribution >= 0.6 is 11.3 Å². The summed E-state index contributed by atoms with van der Waals surface area (Å²) in [7, 11) is 0. The van der Waals surface area contributed by atoms with Gasteiger partial charge in [-0.2, -0.15) is 0 Å². The third kappa shape index (κ3) is 7.00. The van der Waals surface area contributed by atoms with Crippen LogP contribution in [0.3, 0.4) is 0 Å². The summed E-state index contributed by atoms with van der Waals surface area (Å²) >= 11 is 1.57. The number of aromatic nitrogens is 1. The predicted molar refractivity (Wildman–Crippen MR) is 113 cm³/mol. The third-order valence-electron chi connectivity index (χ3n) is 4.10. The summed E-state index contributed by atoms with van der Waals surface area (Å²) < 4.78 is 0. The SMILES string of the molecule is C=CCNc1nc(-c2cccc(NC(=O)CCCCCCCC)c2)cs1. The molecule has 1 heterocycles. The number of rotatable bonds is 12. The van der Waals surface area contributed by atoms with Gasteiger partial charge in [-0.15, -0.1) is 17.9 Å². The summed E-state index contributed by atoms with van der Waals surface area (Å²) in [4.78, 5) is 16.7. The van der Waals surface area contributed by atoms with E-state index < -0.39 is 0 Å². The van der Waals surface area contributed by atoms with Crippen molar-refractivity contribution >= 4 is 28.1 Å². The average molecular weight is 372 g/mol. The van der Waals surface area contributed by atoms with Crippen LogP contribution in [-0.2, 0) is 4.79 Å². The highest BCUT2D eigenvalue weighted by molar-refractivity contribution is 7.14. The molecule has 1 aromatic heterocycles. The van der Waals surface area contributed by atoms with Crippen LogP contribution < -0.4 is 10.6 Å². The summed E-state index contributed by atoms with van der Waals surface area (Å²) in [5.41, 5.74) is 2.74. The van der Waals surface area contributed by atoms with E-state index in [4.69, 9.17) is 0 Å². The number of nitrogens with one attached hydrogen (secondary N) is 2. The smallest absolute Gasteiger partial charge is 0.224 e. The third-order valence-corrected chi connectivity index (χ3v) is 4.90. The Hall–Kier alpha value is -2.14. The summed E-state index contributed by atoms with van der Waals surface area (Å²) in [6, 6.07) is 7.86. The fourth-order valence-electron chi connectivity index (χ4n) is 2.69. The number of nitrogens with zero attached hydrogens (tertiary/aromatic N) is 1. The molecular formula is C21H29N3OS. The molecule has 1 aromatic carbocycles. The van der Waals surface area contributed by atoms with Crippen molar-refractivity contribution in [3.63, 3.8) is 0 Å². The van der Waals surface area contributed by atoms with Crippen molar-refractivity contribution in [1.29, 1.82) is 0 Å². The molecule has 26 heavy (non-hydrogen) atoms. The first-order valence-electron chi connectivity index (χ1n) is 9.43. The van der Waals surface area contributed by atoms with Gasteiger partial charge in [0.2, 0.25) is 5.91 Å². The van der Waals surface area contributed by atoms with Gasteiger partial charge in [-0.25, -0.2) is 4.98 Å². The average Bonchev–Trinajstić information content (AvgIpc) is 3.12. The van der Waals surface area contributed by atoms with Gasteiger partial charge in [0.25, 0.3) is 0 Å². The highest BCUT2D eigenvalue weighted by Gasteiger charge is 2.07. The van der Waals surface area contributed by atoms with E-state index in [-0.39, 0.29) is 5.91 Å². The van der Waals surface area contributed by atoms with Gasteiger partial charge in [0.1, 0.15) is 0 Å². The number of thiazole rings is 1. The molecule has 4 nitrogen and oxygen atoms in total. The summed E-state index contributed by atoms with van der Waals surface area (Å²) in [5.74, 6) is 0.0873. The first-order chi connectivity index (χ1) is 12.7. The van der Waals surface area contributed by atoms with Gasteiger partial charge >= 0.3 is 0 Å². The molecule has 2 rings (SSSR count). The molecule has 0 aliphatic rings. The fourth-order valence-corrected chi connectivity index (χ4v) is 3.42. The zero-order valence-electron chi connectivity index (χ0n) is 15.6. The topological polar surface area (TPSA) is 54.0 Å². The van der Waals surface area contributed by atoms with E-state index in [1.54, 1.807) is 17.4 Å². The Bertz CT molecular complexity index is 696. The maximum atomic E-state index is 12.1. The van der Waals surface area contributed by atoms with E-state index in [2.05, 4.69) is 29.1 Å². The van der Waals surface area contributed by atoms with Gasteiger partial charge < -0.3 is 10.6 Å². The standard InChI is InChI=1S/C21H29N3OS/c1-3-5-6-7-8-9-13-20(25)23-18-12-10-11-17(15-18)19-16-26-21(24-19)22-14-4-2/h4,10-12,15-16H,2-3,5-9,13-14H2,1H3,(H,22,24)(H,23,25). The quantitative estimate of drug-likeness (QED) is 0.350. The van der Waals surface area contributed by atoms with Gasteiger partial charge in [-0.05, 0) is 18.6 Å². The monoisotopic (exact) mass is 371 g/mol. The van der Waals surface area contributed by atoms with Crippen LogP contribution in [0.2, 0.25) is 0 Å². The Morgan fingerprint density at radius 3 is 2.85 bits per heavy atom. The molecule has 0 atom stereocenters. The number of anilines is 2. The lowest BCUT2D eigenvalue weighted by Gasteiger charge is -2.07. The molecule has 0 fully saturated rings. The summed E-state index contributed by atoms with van der Waals surface area (Å²) in [6.07, 6.45) is 9.53. The van der Waals surface area contributed by atoms with E-state index in [1.807, 2.05) is 29.6 Å². The van der Waals surface area contributed by atoms with Gasteiger partial charge in [0, 0.05) is 29.6 Å². The van der Waals surface area contributed by atoms with Crippen molar-refractivity contribution in [2.24, 2.45) is 0 Å². The van der Waals surface area contributed by atoms with Crippen molar-refractivity contribution in [1.82, 2.24) is 4.98 Å². The lowest BCUT2D eigenvalue weighted by atomic mass is 10.1. The first-order valence-corrected chi connectivity index (χ1v) is 10.3. The minimum Gasteiger partial charge on any atom is -0.358 e. The summed E-state index contributed by atoms with van der Waals surface area (Å²) in [6.45, 7) is 6.60. The van der Waals surface area contributed by atoms with Crippen molar-refractivity contribution in [2.75, 3.05) is 17.2 Å². The zero-order chi connectivity index (χ0) is 18.6. The van der Waals surface area contributed by atoms with Gasteiger partial charge in [0.15, 0.2) is 5.13 Å². The zero-order valence-corrected chi connectivity index (χ0v) is 16.4. The second-order valence-corrected chi connectivity index (χ2v) is 7.21. The molecule has 0 aliphatic heterocycles. The van der Waals surface area contributed by atoms with E-state index >= 15 is 0 Å². The molecule has 1 amide bonds. The molecule has 0 radical (unpaired) electrons. The highest BCUT2D eigenvalue weighted by atomic mass is 32.1. The number of hydrogen-bond donors (Lipinski definition) is 2. The Kier molecular flexibility index (Phi) is 8.90. The molecule has 0 saturated heterocycles. The Labute approximate surface area is 160 Å². The van der Waals surface area contributed by atoms with E-state index in [1.165, 1.54) is 25.7 Å². The maximum absolute atomic E-state index is 12.1. The lowest BCUT2D eigenvalue weighted by Crippen LogP contribution is -2.11. The van der Waals surface area contributed by atoms with Crippen LogP contribution in [0.25, 0.3) is 11.3 Å². The lowest BCUT2D eigenvalue weighted by molar-refractivity contribution is -0.116. The van der Waals surface area contributed by atoms with Gasteiger partial charge in [-0.3, -0.25) is 4.79 Å². The number of amides is 1. The van der Waals surface area contributed by atoms with Gasteiger partial charge in [-0.1, -0.05) is 57.2 Å². The highest BCUT2D eigenvalue weighted by Crippen LogP contribution is 2.26. The second kappa shape index (κ2) is 11.5. The Balaban J connectivity index is 1.83. The molecule has 2 aromatic rings. The van der Waals surface area contributed by atoms with Crippen LogP contribution in [0.15, 0.2) is 42.3 Å². The molecule has 0 unspecified atom stereocenters. The number of carbonyl (C=O) groups excluding carboxylic acids is 1. The van der Waals surface area contributed by atoms with Crippen LogP contribution in [0.1, 0.15) is 51.9 Å². The molecule has 5 heteroatoms. The van der Waals surface area contributed by atoms with Crippen molar-refractivity contribution in [2.45, 2.75) is 51.9 Å². The molecule has 2 N–H and O–H groups in total. The minimum absolute atomic E-state index is 0.0873. The molecule has 0 saturated carbocycles. The maximum Gasteiger partial charge on any atom is 0.224 e. The number of carbonyl (C=O) groups is 1. The summed E-state index contributed by atoms with van der Waals surface area (Å²) in [5, 5.41) is 9.08. The number of unbranched alkanes of at least 4 members (excludes halogenated alkanes) is 5. The normalized spacial score (nSPS) is 10.5. The fraction of sp³-hybridized carbons (Fsp3) is 0.429. The predicted octanol–water partition coefficient (Wildman–Crippen LogP) is 6.10. The molecule has 0 spiro atoms. The Morgan fingerprint density at radius 2 is 2.04 bits per heavy atom. The van der Waals surface area contributed by atoms with Crippen LogP contribution in [0.5, 0.6) is 0 Å². The molecule has 140 valence electrons. The van der Waals surface area contributed by atoms with Crippen LogP contribution in [-0.4, -0.2) is 17.4 Å². The van der Waals surface area contributed by atoms with E-state index in [0.717, 1.165) is 34.9 Å². The molecule has 0 aliphatic carbocycles. The van der Waals surface area contributed by atoms with Gasteiger partial charge in [0.05, 0.1) is 5.69 Å². The molecular weight excluding hydrogens is 342 g/mol. The second-order valence-electron chi connectivity index (χ2n) is 6.35. The molecule has 0 bridgehead atoms. The number of hydrogen-bond acceptors (Lipinski definition) is 4. The van der Waals surface area contributed by atoms with E-state index in [0.29, 0.717) is 13.0 Å². The first kappa shape index (κ1) is 20.2. The largest absolute Gasteiger partial charge is 0.358 e. The van der Waals surface area contributed by atoms with Crippen LogP contribution in [0.4, 0.5) is 10.8 Å².